The monoisotopic (exact) mass is 394 g/mol. The van der Waals surface area contributed by atoms with Gasteiger partial charge in [0, 0.05) is 37.3 Å². The third kappa shape index (κ3) is 4.47. The molecule has 0 N–H and O–H groups in total. The van der Waals surface area contributed by atoms with E-state index in [-0.39, 0.29) is 17.8 Å². The molecule has 1 aliphatic heterocycles. The zero-order chi connectivity index (χ0) is 21.0. The van der Waals surface area contributed by atoms with Crippen molar-refractivity contribution in [3.63, 3.8) is 0 Å². The number of aryl methyl sites for hydroxylation is 2. The standard InChI is InChI=1S/C23H26N2O4/c1-4-29-23(28)25-13-11-24(12-14-25)22(27)20-8-6-5-7-19(20)21(26)18-10-9-16(2)17(3)15-18/h5-10,15H,4,11-14H2,1-3H3. The van der Waals surface area contributed by atoms with Crippen molar-refractivity contribution >= 4 is 17.8 Å². The maximum absolute atomic E-state index is 13.1. The molecule has 152 valence electrons. The first kappa shape index (κ1) is 20.6. The predicted octanol–water partition coefficient (Wildman–Crippen LogP) is 3.45. The fourth-order valence-corrected chi connectivity index (χ4v) is 3.38. The summed E-state index contributed by atoms with van der Waals surface area (Å²) in [7, 11) is 0. The average molecular weight is 394 g/mol. The van der Waals surface area contributed by atoms with Gasteiger partial charge in [0.15, 0.2) is 5.78 Å². The molecule has 29 heavy (non-hydrogen) atoms. The van der Waals surface area contributed by atoms with E-state index in [1.54, 1.807) is 47.1 Å². The Hall–Kier alpha value is -3.15. The highest BCUT2D eigenvalue weighted by molar-refractivity contribution is 6.15. The largest absolute Gasteiger partial charge is 0.450 e. The van der Waals surface area contributed by atoms with E-state index >= 15 is 0 Å². The van der Waals surface area contributed by atoms with Crippen LogP contribution in [0.15, 0.2) is 42.5 Å². The van der Waals surface area contributed by atoms with Gasteiger partial charge in [-0.15, -0.1) is 0 Å². The quantitative estimate of drug-likeness (QED) is 0.745. The van der Waals surface area contributed by atoms with E-state index in [4.69, 9.17) is 4.74 Å². The molecule has 2 amide bonds. The number of amides is 2. The minimum Gasteiger partial charge on any atom is -0.450 e. The molecule has 0 bridgehead atoms. The third-order valence-electron chi connectivity index (χ3n) is 5.26. The van der Waals surface area contributed by atoms with Crippen LogP contribution >= 0.6 is 0 Å². The maximum Gasteiger partial charge on any atom is 0.409 e. The van der Waals surface area contributed by atoms with Gasteiger partial charge < -0.3 is 14.5 Å². The molecule has 1 fully saturated rings. The summed E-state index contributed by atoms with van der Waals surface area (Å²) in [5.74, 6) is -0.358. The van der Waals surface area contributed by atoms with Crippen molar-refractivity contribution in [2.45, 2.75) is 20.8 Å². The molecule has 6 nitrogen and oxygen atoms in total. The highest BCUT2D eigenvalue weighted by atomic mass is 16.6. The number of hydrogen-bond acceptors (Lipinski definition) is 4. The number of nitrogens with zero attached hydrogens (tertiary/aromatic N) is 2. The van der Waals surface area contributed by atoms with Gasteiger partial charge in [0.1, 0.15) is 0 Å². The number of carbonyl (C=O) groups excluding carboxylic acids is 3. The average Bonchev–Trinajstić information content (AvgIpc) is 2.75. The van der Waals surface area contributed by atoms with Crippen molar-refractivity contribution in [3.05, 3.63) is 70.3 Å². The summed E-state index contributed by atoms with van der Waals surface area (Å²) in [6, 6.07) is 12.5. The lowest BCUT2D eigenvalue weighted by molar-refractivity contribution is 0.0569. The molecule has 6 heteroatoms. The van der Waals surface area contributed by atoms with E-state index in [9.17, 15) is 14.4 Å². The summed E-state index contributed by atoms with van der Waals surface area (Å²) in [6.07, 6.45) is -0.357. The van der Waals surface area contributed by atoms with Gasteiger partial charge in [0.2, 0.25) is 0 Å². The number of ketones is 1. The SMILES string of the molecule is CCOC(=O)N1CCN(C(=O)c2ccccc2C(=O)c2ccc(C)c(C)c2)CC1. The number of rotatable bonds is 4. The molecule has 2 aromatic rings. The molecule has 1 saturated heterocycles. The molecule has 2 aromatic carbocycles. The second-order valence-electron chi connectivity index (χ2n) is 7.15. The lowest BCUT2D eigenvalue weighted by Gasteiger charge is -2.34. The molecular weight excluding hydrogens is 368 g/mol. The first-order valence-corrected chi connectivity index (χ1v) is 9.84. The second kappa shape index (κ2) is 8.90. The number of piperazine rings is 1. The number of hydrogen-bond donors (Lipinski definition) is 0. The second-order valence-corrected chi connectivity index (χ2v) is 7.15. The molecule has 0 saturated carbocycles. The number of ether oxygens (including phenoxy) is 1. The molecule has 0 spiro atoms. The molecule has 0 unspecified atom stereocenters. The van der Waals surface area contributed by atoms with E-state index < -0.39 is 0 Å². The van der Waals surface area contributed by atoms with Crippen LogP contribution < -0.4 is 0 Å². The topological polar surface area (TPSA) is 66.9 Å². The van der Waals surface area contributed by atoms with Crippen LogP contribution in [0.4, 0.5) is 4.79 Å². The van der Waals surface area contributed by atoms with Crippen LogP contribution in [0, 0.1) is 13.8 Å². The Balaban J connectivity index is 1.78. The predicted molar refractivity (Wildman–Crippen MR) is 110 cm³/mol. The first-order valence-electron chi connectivity index (χ1n) is 9.84. The van der Waals surface area contributed by atoms with E-state index in [1.807, 2.05) is 26.0 Å². The maximum atomic E-state index is 13.1. The Bertz CT molecular complexity index is 930. The Kier molecular flexibility index (Phi) is 6.32. The minimum absolute atomic E-state index is 0.165. The fraction of sp³-hybridized carbons (Fsp3) is 0.348. The molecule has 3 rings (SSSR count). The van der Waals surface area contributed by atoms with E-state index in [0.29, 0.717) is 49.5 Å². The lowest BCUT2D eigenvalue weighted by atomic mass is 9.95. The zero-order valence-electron chi connectivity index (χ0n) is 17.1. The van der Waals surface area contributed by atoms with Crippen LogP contribution in [-0.2, 0) is 4.74 Å². The molecule has 0 aliphatic carbocycles. The van der Waals surface area contributed by atoms with Crippen molar-refractivity contribution in [1.82, 2.24) is 9.80 Å². The Morgan fingerprint density at radius 2 is 1.48 bits per heavy atom. The van der Waals surface area contributed by atoms with Crippen molar-refractivity contribution in [2.24, 2.45) is 0 Å². The van der Waals surface area contributed by atoms with Gasteiger partial charge >= 0.3 is 6.09 Å². The van der Waals surface area contributed by atoms with Gasteiger partial charge in [-0.05, 0) is 44.0 Å². The fourth-order valence-electron chi connectivity index (χ4n) is 3.38. The first-order chi connectivity index (χ1) is 13.9. The highest BCUT2D eigenvalue weighted by Gasteiger charge is 2.27. The summed E-state index contributed by atoms with van der Waals surface area (Å²) in [5, 5.41) is 0. The molecule has 0 atom stereocenters. The zero-order valence-corrected chi connectivity index (χ0v) is 17.1. The van der Waals surface area contributed by atoms with Crippen LogP contribution in [0.2, 0.25) is 0 Å². The molecule has 1 heterocycles. The van der Waals surface area contributed by atoms with Crippen LogP contribution in [0.1, 0.15) is 44.3 Å². The smallest absolute Gasteiger partial charge is 0.409 e. The van der Waals surface area contributed by atoms with Crippen molar-refractivity contribution in [2.75, 3.05) is 32.8 Å². The summed E-state index contributed by atoms with van der Waals surface area (Å²) in [4.78, 5) is 41.3. The third-order valence-corrected chi connectivity index (χ3v) is 5.26. The van der Waals surface area contributed by atoms with E-state index in [0.717, 1.165) is 11.1 Å². The van der Waals surface area contributed by atoms with Crippen LogP contribution in [0.3, 0.4) is 0 Å². The lowest BCUT2D eigenvalue weighted by Crippen LogP contribution is -2.50. The normalized spacial score (nSPS) is 13.9. The van der Waals surface area contributed by atoms with Crippen LogP contribution in [0.25, 0.3) is 0 Å². The summed E-state index contributed by atoms with van der Waals surface area (Å²) in [5.41, 5.74) is 3.51. The van der Waals surface area contributed by atoms with E-state index in [1.165, 1.54) is 0 Å². The van der Waals surface area contributed by atoms with Gasteiger partial charge in [0.05, 0.1) is 12.2 Å². The van der Waals surface area contributed by atoms with Crippen molar-refractivity contribution in [3.8, 4) is 0 Å². The van der Waals surface area contributed by atoms with E-state index in [2.05, 4.69) is 0 Å². The van der Waals surface area contributed by atoms with Gasteiger partial charge in [-0.2, -0.15) is 0 Å². The molecular formula is C23H26N2O4. The number of carbonyl (C=O) groups is 3. The highest BCUT2D eigenvalue weighted by Crippen LogP contribution is 2.19. The molecule has 0 radical (unpaired) electrons. The molecule has 1 aliphatic rings. The summed E-state index contributed by atoms with van der Waals surface area (Å²) < 4.78 is 5.02. The van der Waals surface area contributed by atoms with Crippen LogP contribution in [0.5, 0.6) is 0 Å². The number of benzene rings is 2. The summed E-state index contributed by atoms with van der Waals surface area (Å²) >= 11 is 0. The summed E-state index contributed by atoms with van der Waals surface area (Å²) in [6.45, 7) is 7.69. The van der Waals surface area contributed by atoms with Crippen LogP contribution in [-0.4, -0.2) is 60.4 Å². The molecule has 0 aromatic heterocycles. The van der Waals surface area contributed by atoms with Gasteiger partial charge in [-0.1, -0.05) is 30.3 Å². The Labute approximate surface area is 171 Å². The van der Waals surface area contributed by atoms with Gasteiger partial charge in [0.25, 0.3) is 5.91 Å². The Morgan fingerprint density at radius 3 is 2.10 bits per heavy atom. The minimum atomic E-state index is -0.357. The van der Waals surface area contributed by atoms with Gasteiger partial charge in [-0.25, -0.2) is 4.79 Å². The van der Waals surface area contributed by atoms with Gasteiger partial charge in [-0.3, -0.25) is 9.59 Å². The van der Waals surface area contributed by atoms with Crippen molar-refractivity contribution < 1.29 is 19.1 Å². The van der Waals surface area contributed by atoms with Crippen molar-refractivity contribution in [1.29, 1.82) is 0 Å². The Morgan fingerprint density at radius 1 is 0.862 bits per heavy atom.